The Morgan fingerprint density at radius 2 is 1.83 bits per heavy atom. The lowest BCUT2D eigenvalue weighted by molar-refractivity contribution is -0.0499. The average molecular weight is 410 g/mol. The lowest BCUT2D eigenvalue weighted by Gasteiger charge is -2.08. The maximum atomic E-state index is 12.6. The second kappa shape index (κ2) is 8.32. The topological polar surface area (TPSA) is 55.2 Å². The SMILES string of the molecule is FC(F)Oc1ccccc1/C=N\n1c(Cc2cccc3ccccc23)n[nH]c1=S. The molecule has 4 aromatic rings. The number of hydrogen-bond donors (Lipinski definition) is 1. The number of ether oxygens (including phenoxy) is 1. The fraction of sp³-hybridized carbons (Fsp3) is 0.0952. The van der Waals surface area contributed by atoms with Crippen LogP contribution in [0.5, 0.6) is 5.75 Å². The minimum Gasteiger partial charge on any atom is -0.434 e. The summed E-state index contributed by atoms with van der Waals surface area (Å²) in [5.74, 6) is 0.645. The Kier molecular flexibility index (Phi) is 5.44. The van der Waals surface area contributed by atoms with Gasteiger partial charge in [-0.25, -0.2) is 0 Å². The summed E-state index contributed by atoms with van der Waals surface area (Å²) in [6.07, 6.45) is 1.93. The summed E-state index contributed by atoms with van der Waals surface area (Å²) in [5, 5.41) is 13.6. The molecule has 0 spiro atoms. The molecule has 0 unspecified atom stereocenters. The number of nitrogens with one attached hydrogen (secondary N) is 1. The van der Waals surface area contributed by atoms with Crippen LogP contribution in [0.3, 0.4) is 0 Å². The van der Waals surface area contributed by atoms with Gasteiger partial charge in [-0.2, -0.15) is 23.7 Å². The number of rotatable bonds is 6. The van der Waals surface area contributed by atoms with Gasteiger partial charge in [0.15, 0.2) is 5.82 Å². The van der Waals surface area contributed by atoms with Crippen molar-refractivity contribution in [3.63, 3.8) is 0 Å². The first-order valence-electron chi connectivity index (χ1n) is 8.83. The molecule has 0 fully saturated rings. The van der Waals surface area contributed by atoms with Crippen molar-refractivity contribution >= 4 is 29.2 Å². The zero-order chi connectivity index (χ0) is 20.2. The first-order chi connectivity index (χ1) is 14.1. The van der Waals surface area contributed by atoms with Gasteiger partial charge in [0.05, 0.1) is 6.21 Å². The number of para-hydroxylation sites is 1. The van der Waals surface area contributed by atoms with Gasteiger partial charge in [-0.05, 0) is 40.7 Å². The summed E-state index contributed by atoms with van der Waals surface area (Å²) in [4.78, 5) is 0. The molecule has 29 heavy (non-hydrogen) atoms. The van der Waals surface area contributed by atoms with Crippen molar-refractivity contribution in [3.8, 4) is 5.75 Å². The van der Waals surface area contributed by atoms with Gasteiger partial charge in [0, 0.05) is 12.0 Å². The van der Waals surface area contributed by atoms with Crippen LogP contribution < -0.4 is 4.74 Å². The number of H-pyrrole nitrogens is 1. The standard InChI is InChI=1S/C21H16F2N4OS/c22-20(23)28-18-11-4-2-7-16(18)13-24-27-19(25-26-21(27)29)12-15-9-5-8-14-6-1-3-10-17(14)15/h1-11,13,20H,12H2,(H,26,29)/b24-13-. The molecule has 0 saturated carbocycles. The number of alkyl halides is 2. The van der Waals surface area contributed by atoms with Crippen LogP contribution in [-0.2, 0) is 6.42 Å². The summed E-state index contributed by atoms with van der Waals surface area (Å²) in [6, 6.07) is 20.6. The molecule has 0 bridgehead atoms. The molecule has 1 aromatic heterocycles. The van der Waals surface area contributed by atoms with Crippen molar-refractivity contribution in [1.82, 2.24) is 14.9 Å². The Morgan fingerprint density at radius 3 is 2.69 bits per heavy atom. The Bertz CT molecular complexity index is 1230. The second-order valence-electron chi connectivity index (χ2n) is 6.23. The van der Waals surface area contributed by atoms with Crippen molar-refractivity contribution in [3.05, 3.63) is 88.5 Å². The van der Waals surface area contributed by atoms with Crippen molar-refractivity contribution in [2.45, 2.75) is 13.0 Å². The molecular weight excluding hydrogens is 394 g/mol. The van der Waals surface area contributed by atoms with E-state index in [-0.39, 0.29) is 5.75 Å². The Morgan fingerprint density at radius 1 is 1.07 bits per heavy atom. The molecule has 146 valence electrons. The maximum Gasteiger partial charge on any atom is 0.387 e. The predicted molar refractivity (Wildman–Crippen MR) is 110 cm³/mol. The van der Waals surface area contributed by atoms with E-state index >= 15 is 0 Å². The van der Waals surface area contributed by atoms with Crippen LogP contribution >= 0.6 is 12.2 Å². The molecule has 8 heteroatoms. The zero-order valence-electron chi connectivity index (χ0n) is 15.1. The summed E-state index contributed by atoms with van der Waals surface area (Å²) in [6.45, 7) is -2.91. The van der Waals surface area contributed by atoms with Gasteiger partial charge in [-0.3, -0.25) is 5.10 Å². The van der Waals surface area contributed by atoms with E-state index in [9.17, 15) is 8.78 Å². The first-order valence-corrected chi connectivity index (χ1v) is 9.24. The Labute approximate surface area is 170 Å². The molecule has 0 atom stereocenters. The van der Waals surface area contributed by atoms with Crippen LogP contribution in [-0.4, -0.2) is 27.7 Å². The molecule has 1 N–H and O–H groups in total. The Balaban J connectivity index is 1.67. The monoisotopic (exact) mass is 410 g/mol. The normalized spacial score (nSPS) is 11.6. The lowest BCUT2D eigenvalue weighted by atomic mass is 10.0. The maximum absolute atomic E-state index is 12.6. The Hall–Kier alpha value is -3.39. The molecule has 5 nitrogen and oxygen atoms in total. The third-order valence-electron chi connectivity index (χ3n) is 4.39. The lowest BCUT2D eigenvalue weighted by Crippen LogP contribution is -2.05. The van der Waals surface area contributed by atoms with Crippen LogP contribution in [0.1, 0.15) is 17.0 Å². The molecule has 0 saturated heterocycles. The fourth-order valence-corrected chi connectivity index (χ4v) is 3.28. The number of aromatic amines is 1. The minimum atomic E-state index is -2.91. The van der Waals surface area contributed by atoms with E-state index in [0.29, 0.717) is 22.6 Å². The van der Waals surface area contributed by atoms with Gasteiger partial charge in [0.25, 0.3) is 0 Å². The van der Waals surface area contributed by atoms with E-state index in [1.54, 1.807) is 18.2 Å². The van der Waals surface area contributed by atoms with Crippen LogP contribution in [0, 0.1) is 4.77 Å². The van der Waals surface area contributed by atoms with Crippen molar-refractivity contribution < 1.29 is 13.5 Å². The highest BCUT2D eigenvalue weighted by Gasteiger charge is 2.10. The van der Waals surface area contributed by atoms with Gasteiger partial charge in [-0.15, -0.1) is 0 Å². The van der Waals surface area contributed by atoms with E-state index in [2.05, 4.69) is 26.1 Å². The summed E-state index contributed by atoms with van der Waals surface area (Å²) >= 11 is 5.28. The quantitative estimate of drug-likeness (QED) is 0.353. The van der Waals surface area contributed by atoms with Crippen LogP contribution in [0.2, 0.25) is 0 Å². The molecule has 0 amide bonds. The highest BCUT2D eigenvalue weighted by molar-refractivity contribution is 7.71. The number of aromatic nitrogens is 3. The van der Waals surface area contributed by atoms with Crippen LogP contribution in [0.4, 0.5) is 8.78 Å². The molecular formula is C21H16F2N4OS. The molecule has 4 rings (SSSR count). The highest BCUT2D eigenvalue weighted by Crippen LogP contribution is 2.21. The third-order valence-corrected chi connectivity index (χ3v) is 4.66. The van der Waals surface area contributed by atoms with Crippen molar-refractivity contribution in [1.29, 1.82) is 0 Å². The fourth-order valence-electron chi connectivity index (χ4n) is 3.09. The number of halogens is 2. The molecule has 0 aliphatic rings. The third kappa shape index (κ3) is 4.22. The highest BCUT2D eigenvalue weighted by atomic mass is 32.1. The van der Waals surface area contributed by atoms with Crippen molar-refractivity contribution in [2.75, 3.05) is 0 Å². The predicted octanol–water partition coefficient (Wildman–Crippen LogP) is 5.17. The molecule has 0 radical (unpaired) electrons. The van der Waals surface area contributed by atoms with E-state index in [4.69, 9.17) is 12.2 Å². The van der Waals surface area contributed by atoms with Gasteiger partial charge in [-0.1, -0.05) is 54.6 Å². The number of benzene rings is 3. The first kappa shape index (κ1) is 18.9. The minimum absolute atomic E-state index is 0.0388. The van der Waals surface area contributed by atoms with Crippen LogP contribution in [0.15, 0.2) is 71.8 Å². The smallest absolute Gasteiger partial charge is 0.387 e. The van der Waals surface area contributed by atoms with Gasteiger partial charge in [0.2, 0.25) is 4.77 Å². The van der Waals surface area contributed by atoms with Crippen LogP contribution in [0.25, 0.3) is 10.8 Å². The summed E-state index contributed by atoms with van der Waals surface area (Å²) < 4.78 is 31.5. The van der Waals surface area contributed by atoms with Crippen molar-refractivity contribution in [2.24, 2.45) is 5.10 Å². The number of hydrogen-bond acceptors (Lipinski definition) is 4. The summed E-state index contributed by atoms with van der Waals surface area (Å²) in [5.41, 5.74) is 1.49. The molecule has 3 aromatic carbocycles. The molecule has 1 heterocycles. The number of nitrogens with zero attached hydrogens (tertiary/aromatic N) is 3. The summed E-state index contributed by atoms with van der Waals surface area (Å²) in [7, 11) is 0. The van der Waals surface area contributed by atoms with Gasteiger partial charge < -0.3 is 4.74 Å². The van der Waals surface area contributed by atoms with Gasteiger partial charge in [0.1, 0.15) is 5.75 Å². The van der Waals surface area contributed by atoms with Gasteiger partial charge >= 0.3 is 6.61 Å². The second-order valence-corrected chi connectivity index (χ2v) is 6.62. The van der Waals surface area contributed by atoms with E-state index in [1.807, 2.05) is 36.4 Å². The number of fused-ring (bicyclic) bond motifs is 1. The molecule has 0 aliphatic heterocycles. The molecule has 0 aliphatic carbocycles. The van der Waals surface area contributed by atoms with E-state index in [0.717, 1.165) is 16.3 Å². The average Bonchev–Trinajstić information content (AvgIpc) is 3.06. The largest absolute Gasteiger partial charge is 0.434 e. The zero-order valence-corrected chi connectivity index (χ0v) is 15.9. The van der Waals surface area contributed by atoms with E-state index in [1.165, 1.54) is 17.0 Å². The van der Waals surface area contributed by atoms with E-state index < -0.39 is 6.61 Å².